The van der Waals surface area contributed by atoms with Crippen LogP contribution >= 0.6 is 0 Å². The first-order chi connectivity index (χ1) is 17.0. The highest BCUT2D eigenvalue weighted by Crippen LogP contribution is 2.38. The molecule has 3 aromatic rings. The summed E-state index contributed by atoms with van der Waals surface area (Å²) >= 11 is 0. The van der Waals surface area contributed by atoms with E-state index in [0.29, 0.717) is 49.6 Å². The van der Waals surface area contributed by atoms with E-state index in [4.69, 9.17) is 4.74 Å². The molecule has 2 aliphatic heterocycles. The molecule has 0 aliphatic carbocycles. The van der Waals surface area contributed by atoms with Gasteiger partial charge in [0.2, 0.25) is 0 Å². The van der Waals surface area contributed by atoms with Gasteiger partial charge in [0, 0.05) is 56.6 Å². The van der Waals surface area contributed by atoms with Gasteiger partial charge in [0.1, 0.15) is 17.4 Å². The van der Waals surface area contributed by atoms with Crippen LogP contribution in [-0.4, -0.2) is 55.5 Å². The summed E-state index contributed by atoms with van der Waals surface area (Å²) in [6.45, 7) is 3.53. The monoisotopic (exact) mass is 475 g/mol. The second-order valence-electron chi connectivity index (χ2n) is 8.80. The van der Waals surface area contributed by atoms with Crippen molar-refractivity contribution in [3.05, 3.63) is 95.1 Å². The normalized spacial score (nSPS) is 15.7. The molecule has 0 spiro atoms. The van der Waals surface area contributed by atoms with E-state index in [9.17, 15) is 13.6 Å². The molecule has 5 rings (SSSR count). The lowest BCUT2D eigenvalue weighted by Crippen LogP contribution is -2.48. The summed E-state index contributed by atoms with van der Waals surface area (Å²) in [7, 11) is 1.62. The predicted octanol–water partition coefficient (Wildman–Crippen LogP) is 5.10. The number of methoxy groups -OCH3 is 1. The molecule has 0 radical (unpaired) electrons. The molecule has 0 atom stereocenters. The van der Waals surface area contributed by atoms with Gasteiger partial charge in [-0.05, 0) is 47.5 Å². The van der Waals surface area contributed by atoms with Crippen LogP contribution in [0.15, 0.2) is 66.7 Å². The highest BCUT2D eigenvalue weighted by molar-refractivity contribution is 5.96. The lowest BCUT2D eigenvalue weighted by atomic mass is 10.1. The zero-order valence-corrected chi connectivity index (χ0v) is 19.6. The molecule has 35 heavy (non-hydrogen) atoms. The Balaban J connectivity index is 1.27. The van der Waals surface area contributed by atoms with Crippen molar-refractivity contribution in [3.8, 4) is 5.75 Å². The molecular weight excluding hydrogens is 448 g/mol. The number of nitrogens with zero attached hydrogens (tertiary/aromatic N) is 3. The van der Waals surface area contributed by atoms with Gasteiger partial charge >= 0.3 is 0 Å². The van der Waals surface area contributed by atoms with E-state index in [1.54, 1.807) is 13.2 Å². The van der Waals surface area contributed by atoms with Crippen LogP contribution in [0.2, 0.25) is 0 Å². The smallest absolute Gasteiger partial charge is 0.254 e. The van der Waals surface area contributed by atoms with Crippen molar-refractivity contribution < 1.29 is 18.3 Å². The maximum Gasteiger partial charge on any atom is 0.254 e. The molecule has 5 nitrogen and oxygen atoms in total. The van der Waals surface area contributed by atoms with Crippen LogP contribution in [0.25, 0.3) is 6.08 Å². The number of fused-ring (bicyclic) bond motifs is 1. The van der Waals surface area contributed by atoms with Gasteiger partial charge in [-0.15, -0.1) is 0 Å². The fraction of sp³-hybridized carbons (Fsp3) is 0.250. The van der Waals surface area contributed by atoms with E-state index in [-0.39, 0.29) is 5.91 Å². The van der Waals surface area contributed by atoms with Crippen molar-refractivity contribution in [3.63, 3.8) is 0 Å². The minimum atomic E-state index is -0.574. The van der Waals surface area contributed by atoms with Gasteiger partial charge in [0.05, 0.1) is 12.8 Å². The summed E-state index contributed by atoms with van der Waals surface area (Å²) in [5, 5.41) is 0. The van der Waals surface area contributed by atoms with Crippen molar-refractivity contribution in [1.29, 1.82) is 0 Å². The molecule has 0 saturated carbocycles. The van der Waals surface area contributed by atoms with Gasteiger partial charge in [-0.3, -0.25) is 9.69 Å². The van der Waals surface area contributed by atoms with Crippen LogP contribution in [-0.2, 0) is 6.54 Å². The number of piperazine rings is 1. The van der Waals surface area contributed by atoms with E-state index in [2.05, 4.69) is 34.1 Å². The Kier molecular flexibility index (Phi) is 6.51. The molecular formula is C28H27F2N3O2. The maximum atomic E-state index is 13.5. The Bertz CT molecular complexity index is 1250. The quantitative estimate of drug-likeness (QED) is 0.515. The maximum absolute atomic E-state index is 13.5. The SMILES string of the molecule is COc1cc(C(=O)N2CCN(Cc3cc(F)cc(F)c3)CC2)ccc1N1CC=Cc2ccccc21. The Morgan fingerprint density at radius 3 is 2.40 bits per heavy atom. The molecule has 0 unspecified atom stereocenters. The van der Waals surface area contributed by atoms with Crippen molar-refractivity contribution in [2.75, 3.05) is 44.7 Å². The molecule has 7 heteroatoms. The predicted molar refractivity (Wildman–Crippen MR) is 133 cm³/mol. The lowest BCUT2D eigenvalue weighted by Gasteiger charge is -2.35. The number of rotatable bonds is 5. The number of hydrogen-bond acceptors (Lipinski definition) is 4. The molecule has 2 heterocycles. The Hall–Kier alpha value is -3.71. The van der Waals surface area contributed by atoms with Crippen LogP contribution in [0.4, 0.5) is 20.2 Å². The summed E-state index contributed by atoms with van der Waals surface area (Å²) in [4.78, 5) is 19.3. The zero-order valence-electron chi connectivity index (χ0n) is 19.6. The highest BCUT2D eigenvalue weighted by Gasteiger charge is 2.25. The average molecular weight is 476 g/mol. The van der Waals surface area contributed by atoms with Gasteiger partial charge in [0.25, 0.3) is 5.91 Å². The molecule has 0 bridgehead atoms. The number of carbonyl (C=O) groups is 1. The number of benzene rings is 3. The van der Waals surface area contributed by atoms with E-state index >= 15 is 0 Å². The molecule has 3 aromatic carbocycles. The summed E-state index contributed by atoms with van der Waals surface area (Å²) in [6.07, 6.45) is 4.22. The fourth-order valence-electron chi connectivity index (χ4n) is 4.77. The Morgan fingerprint density at radius 1 is 0.914 bits per heavy atom. The minimum Gasteiger partial charge on any atom is -0.495 e. The van der Waals surface area contributed by atoms with Gasteiger partial charge in [-0.1, -0.05) is 30.4 Å². The van der Waals surface area contributed by atoms with Crippen LogP contribution in [0, 0.1) is 11.6 Å². The molecule has 1 amide bonds. The third-order valence-corrected chi connectivity index (χ3v) is 6.52. The third-order valence-electron chi connectivity index (χ3n) is 6.52. The lowest BCUT2D eigenvalue weighted by molar-refractivity contribution is 0.0628. The zero-order chi connectivity index (χ0) is 24.4. The van der Waals surface area contributed by atoms with E-state index in [0.717, 1.165) is 29.5 Å². The number of para-hydroxylation sites is 1. The third kappa shape index (κ3) is 4.91. The summed E-state index contributed by atoms with van der Waals surface area (Å²) in [5.74, 6) is -0.552. The average Bonchev–Trinajstić information content (AvgIpc) is 2.87. The Labute approximate surface area is 203 Å². The molecule has 1 fully saturated rings. The second kappa shape index (κ2) is 9.88. The largest absolute Gasteiger partial charge is 0.495 e. The topological polar surface area (TPSA) is 36.0 Å². The van der Waals surface area contributed by atoms with Crippen molar-refractivity contribution >= 4 is 23.4 Å². The number of amides is 1. The summed E-state index contributed by atoms with van der Waals surface area (Å²) in [6, 6.07) is 17.4. The van der Waals surface area contributed by atoms with Gasteiger partial charge in [-0.25, -0.2) is 8.78 Å². The van der Waals surface area contributed by atoms with Gasteiger partial charge < -0.3 is 14.5 Å². The number of anilines is 2. The van der Waals surface area contributed by atoms with Crippen molar-refractivity contribution in [2.24, 2.45) is 0 Å². The van der Waals surface area contributed by atoms with Gasteiger partial charge in [-0.2, -0.15) is 0 Å². The molecule has 0 aromatic heterocycles. The van der Waals surface area contributed by atoms with Crippen LogP contribution in [0.3, 0.4) is 0 Å². The van der Waals surface area contributed by atoms with E-state index in [1.807, 2.05) is 29.2 Å². The standard InChI is InChI=1S/C28H27F2N3O2/c1-35-27-17-22(8-9-26(27)33-10-4-6-21-5-2-3-7-25(21)33)28(34)32-13-11-31(12-14-32)19-20-15-23(29)18-24(30)16-20/h2-9,15-18H,10-14,19H2,1H3. The van der Waals surface area contributed by atoms with Crippen LogP contribution < -0.4 is 9.64 Å². The summed E-state index contributed by atoms with van der Waals surface area (Å²) < 4.78 is 32.7. The first kappa shape index (κ1) is 23.1. The van der Waals surface area contributed by atoms with Crippen molar-refractivity contribution in [2.45, 2.75) is 6.54 Å². The van der Waals surface area contributed by atoms with Gasteiger partial charge in [0.15, 0.2) is 0 Å². The molecule has 2 aliphatic rings. The van der Waals surface area contributed by atoms with Crippen LogP contribution in [0.5, 0.6) is 5.75 Å². The minimum absolute atomic E-state index is 0.0507. The van der Waals surface area contributed by atoms with Crippen molar-refractivity contribution in [1.82, 2.24) is 9.80 Å². The number of hydrogen-bond donors (Lipinski definition) is 0. The Morgan fingerprint density at radius 2 is 1.66 bits per heavy atom. The molecule has 1 saturated heterocycles. The van der Waals surface area contributed by atoms with Crippen LogP contribution in [0.1, 0.15) is 21.5 Å². The first-order valence-electron chi connectivity index (χ1n) is 11.7. The second-order valence-corrected chi connectivity index (χ2v) is 8.80. The number of carbonyl (C=O) groups excluding carboxylic acids is 1. The fourth-order valence-corrected chi connectivity index (χ4v) is 4.77. The highest BCUT2D eigenvalue weighted by atomic mass is 19.1. The molecule has 0 N–H and O–H groups in total. The molecule has 180 valence electrons. The van der Waals surface area contributed by atoms with E-state index < -0.39 is 11.6 Å². The summed E-state index contributed by atoms with van der Waals surface area (Å²) in [5.41, 5.74) is 4.32. The van der Waals surface area contributed by atoms with E-state index in [1.165, 1.54) is 12.1 Å². The number of ether oxygens (including phenoxy) is 1. The first-order valence-corrected chi connectivity index (χ1v) is 11.7. The number of halogens is 2.